The van der Waals surface area contributed by atoms with E-state index in [2.05, 4.69) is 4.98 Å². The standard InChI is InChI=1S/C14H20F3N5O2/c1-21(5-4-12(23)20-13(18)24)6-9-2-3-11-19-10(14(15,16)17)8-22(11)7-9/h8-9H,2-7H2,1H3,(H3,18,20,23,24). The van der Waals surface area contributed by atoms with E-state index in [1.807, 2.05) is 17.3 Å². The molecular formula is C14H20F3N5O2. The summed E-state index contributed by atoms with van der Waals surface area (Å²) in [6.45, 7) is 1.54. The quantitative estimate of drug-likeness (QED) is 0.830. The van der Waals surface area contributed by atoms with Gasteiger partial charge in [0.25, 0.3) is 0 Å². The van der Waals surface area contributed by atoms with Crippen LogP contribution in [0.5, 0.6) is 0 Å². The van der Waals surface area contributed by atoms with Crippen LogP contribution in [-0.2, 0) is 23.9 Å². The average molecular weight is 347 g/mol. The van der Waals surface area contributed by atoms with Crippen LogP contribution < -0.4 is 11.1 Å². The van der Waals surface area contributed by atoms with Gasteiger partial charge >= 0.3 is 12.2 Å². The van der Waals surface area contributed by atoms with Gasteiger partial charge in [-0.05, 0) is 19.4 Å². The molecule has 1 atom stereocenters. The highest BCUT2D eigenvalue weighted by Crippen LogP contribution is 2.30. The number of rotatable bonds is 5. The van der Waals surface area contributed by atoms with E-state index in [9.17, 15) is 22.8 Å². The average Bonchev–Trinajstić information content (AvgIpc) is 2.87. The molecular weight excluding hydrogens is 327 g/mol. The molecule has 1 aliphatic rings. The van der Waals surface area contributed by atoms with Crippen molar-refractivity contribution in [2.45, 2.75) is 32.0 Å². The molecule has 1 aromatic rings. The van der Waals surface area contributed by atoms with Gasteiger partial charge in [-0.15, -0.1) is 0 Å². The second kappa shape index (κ2) is 7.20. The molecule has 0 saturated heterocycles. The fourth-order valence-corrected chi connectivity index (χ4v) is 2.82. The number of imidazole rings is 1. The number of halogens is 3. The van der Waals surface area contributed by atoms with E-state index in [4.69, 9.17) is 5.73 Å². The Morgan fingerprint density at radius 2 is 2.21 bits per heavy atom. The number of primary amides is 1. The molecule has 0 radical (unpaired) electrons. The van der Waals surface area contributed by atoms with Crippen molar-refractivity contribution in [1.82, 2.24) is 19.8 Å². The molecule has 10 heteroatoms. The Morgan fingerprint density at radius 1 is 1.50 bits per heavy atom. The fourth-order valence-electron chi connectivity index (χ4n) is 2.82. The molecule has 2 heterocycles. The zero-order valence-electron chi connectivity index (χ0n) is 13.3. The first kappa shape index (κ1) is 18.2. The summed E-state index contributed by atoms with van der Waals surface area (Å²) in [7, 11) is 1.82. The van der Waals surface area contributed by atoms with Gasteiger partial charge in [-0.2, -0.15) is 13.2 Å². The van der Waals surface area contributed by atoms with E-state index in [0.717, 1.165) is 12.6 Å². The van der Waals surface area contributed by atoms with Crippen LogP contribution in [0, 0.1) is 5.92 Å². The van der Waals surface area contributed by atoms with E-state index in [1.54, 1.807) is 4.57 Å². The first-order valence-electron chi connectivity index (χ1n) is 7.56. The molecule has 1 aromatic heterocycles. The van der Waals surface area contributed by atoms with Crippen LogP contribution in [0.1, 0.15) is 24.4 Å². The topological polar surface area (TPSA) is 93.2 Å². The zero-order chi connectivity index (χ0) is 17.9. The Morgan fingerprint density at radius 3 is 2.83 bits per heavy atom. The summed E-state index contributed by atoms with van der Waals surface area (Å²) in [5.41, 5.74) is 4.00. The van der Waals surface area contributed by atoms with Crippen LogP contribution in [0.2, 0.25) is 0 Å². The number of aromatic nitrogens is 2. The molecule has 0 aromatic carbocycles. The second-order valence-electron chi connectivity index (χ2n) is 6.02. The number of nitrogens with one attached hydrogen (secondary N) is 1. The molecule has 1 unspecified atom stereocenters. The summed E-state index contributed by atoms with van der Waals surface area (Å²) in [4.78, 5) is 27.5. The van der Waals surface area contributed by atoms with Gasteiger partial charge in [0.15, 0.2) is 5.69 Å². The molecule has 0 saturated carbocycles. The summed E-state index contributed by atoms with van der Waals surface area (Å²) in [6, 6.07) is -0.886. The van der Waals surface area contributed by atoms with Crippen LogP contribution >= 0.6 is 0 Å². The minimum absolute atomic E-state index is 0.126. The minimum Gasteiger partial charge on any atom is -0.351 e. The van der Waals surface area contributed by atoms with Crippen molar-refractivity contribution in [3.8, 4) is 0 Å². The van der Waals surface area contributed by atoms with Crippen molar-refractivity contribution in [3.05, 3.63) is 17.7 Å². The number of urea groups is 1. The summed E-state index contributed by atoms with van der Waals surface area (Å²) in [5.74, 6) is 0.184. The van der Waals surface area contributed by atoms with Crippen LogP contribution in [0.15, 0.2) is 6.20 Å². The Labute approximate surface area is 137 Å². The van der Waals surface area contributed by atoms with E-state index >= 15 is 0 Å². The van der Waals surface area contributed by atoms with Crippen molar-refractivity contribution >= 4 is 11.9 Å². The molecule has 3 N–H and O–H groups in total. The van der Waals surface area contributed by atoms with Gasteiger partial charge in [-0.25, -0.2) is 9.78 Å². The number of hydrogen-bond acceptors (Lipinski definition) is 4. The Balaban J connectivity index is 1.84. The van der Waals surface area contributed by atoms with Crippen molar-refractivity contribution in [1.29, 1.82) is 0 Å². The normalized spacial score (nSPS) is 17.6. The number of nitrogens with two attached hydrogens (primary N) is 1. The number of carbonyl (C=O) groups excluding carboxylic acids is 2. The van der Waals surface area contributed by atoms with Crippen LogP contribution in [0.25, 0.3) is 0 Å². The van der Waals surface area contributed by atoms with Crippen molar-refractivity contribution in [2.24, 2.45) is 11.7 Å². The van der Waals surface area contributed by atoms with Gasteiger partial charge in [-0.3, -0.25) is 10.1 Å². The SMILES string of the molecule is CN(CCC(=O)NC(N)=O)CC1CCc2nc(C(F)(F)F)cn2C1. The number of aryl methyl sites for hydroxylation is 1. The smallest absolute Gasteiger partial charge is 0.351 e. The lowest BCUT2D eigenvalue weighted by atomic mass is 9.99. The summed E-state index contributed by atoms with van der Waals surface area (Å²) in [6.07, 6.45) is -2.00. The fraction of sp³-hybridized carbons (Fsp3) is 0.643. The number of amides is 3. The third kappa shape index (κ3) is 4.95. The molecule has 7 nitrogen and oxygen atoms in total. The number of nitrogens with zero attached hydrogens (tertiary/aromatic N) is 3. The molecule has 3 amide bonds. The van der Waals surface area contributed by atoms with E-state index in [-0.39, 0.29) is 12.3 Å². The third-order valence-electron chi connectivity index (χ3n) is 3.93. The van der Waals surface area contributed by atoms with Crippen LogP contribution in [0.3, 0.4) is 0 Å². The van der Waals surface area contributed by atoms with Crippen LogP contribution in [0.4, 0.5) is 18.0 Å². The van der Waals surface area contributed by atoms with Gasteiger partial charge in [0.2, 0.25) is 5.91 Å². The van der Waals surface area contributed by atoms with E-state index in [1.165, 1.54) is 0 Å². The number of hydrogen-bond donors (Lipinski definition) is 2. The van der Waals surface area contributed by atoms with Crippen molar-refractivity contribution in [2.75, 3.05) is 20.1 Å². The first-order chi connectivity index (χ1) is 11.1. The van der Waals surface area contributed by atoms with Gasteiger partial charge in [0, 0.05) is 38.7 Å². The minimum atomic E-state index is -4.43. The lowest BCUT2D eigenvalue weighted by Crippen LogP contribution is -2.38. The second-order valence-corrected chi connectivity index (χ2v) is 6.02. The number of carbonyl (C=O) groups is 2. The maximum absolute atomic E-state index is 12.7. The third-order valence-corrected chi connectivity index (χ3v) is 3.93. The highest BCUT2D eigenvalue weighted by Gasteiger charge is 2.35. The van der Waals surface area contributed by atoms with Gasteiger partial charge in [0.05, 0.1) is 0 Å². The van der Waals surface area contributed by atoms with Gasteiger partial charge in [0.1, 0.15) is 5.82 Å². The molecule has 0 bridgehead atoms. The molecule has 0 fully saturated rings. The Bertz CT molecular complexity index is 614. The number of fused-ring (bicyclic) bond motifs is 1. The molecule has 0 aliphatic carbocycles. The Kier molecular flexibility index (Phi) is 5.47. The molecule has 0 spiro atoms. The summed E-state index contributed by atoms with van der Waals surface area (Å²) in [5, 5.41) is 1.99. The first-order valence-corrected chi connectivity index (χ1v) is 7.56. The monoisotopic (exact) mass is 347 g/mol. The van der Waals surface area contributed by atoms with Crippen LogP contribution in [-0.4, -0.2) is 46.5 Å². The summed E-state index contributed by atoms with van der Waals surface area (Å²) >= 11 is 0. The maximum Gasteiger partial charge on any atom is 0.434 e. The van der Waals surface area contributed by atoms with Gasteiger partial charge < -0.3 is 15.2 Å². The van der Waals surface area contributed by atoms with E-state index < -0.39 is 23.8 Å². The molecule has 24 heavy (non-hydrogen) atoms. The molecule has 134 valence electrons. The highest BCUT2D eigenvalue weighted by molar-refractivity contribution is 5.93. The molecule has 1 aliphatic heterocycles. The highest BCUT2D eigenvalue weighted by atomic mass is 19.4. The van der Waals surface area contributed by atoms with Crippen molar-refractivity contribution in [3.63, 3.8) is 0 Å². The maximum atomic E-state index is 12.7. The number of alkyl halides is 3. The largest absolute Gasteiger partial charge is 0.434 e. The lowest BCUT2D eigenvalue weighted by Gasteiger charge is -2.28. The van der Waals surface area contributed by atoms with E-state index in [0.29, 0.717) is 31.9 Å². The lowest BCUT2D eigenvalue weighted by molar-refractivity contribution is -0.141. The Hall–Kier alpha value is -2.10. The summed E-state index contributed by atoms with van der Waals surface area (Å²) < 4.78 is 39.6. The predicted molar refractivity (Wildman–Crippen MR) is 78.9 cm³/mol. The zero-order valence-corrected chi connectivity index (χ0v) is 13.3. The predicted octanol–water partition coefficient (Wildman–Crippen LogP) is 0.981. The van der Waals surface area contributed by atoms with Gasteiger partial charge in [-0.1, -0.05) is 0 Å². The number of imide groups is 1. The molecule has 2 rings (SSSR count). The van der Waals surface area contributed by atoms with Crippen molar-refractivity contribution < 1.29 is 22.8 Å².